The smallest absolute Gasteiger partial charge is 0.222 e. The summed E-state index contributed by atoms with van der Waals surface area (Å²) in [6.45, 7) is 0. The number of nitrogens with one attached hydrogen (secondary N) is 1. The number of anilines is 1. The summed E-state index contributed by atoms with van der Waals surface area (Å²) in [4.78, 5) is 3.03. The predicted molar refractivity (Wildman–Crippen MR) is 58.2 cm³/mol. The predicted octanol–water partition coefficient (Wildman–Crippen LogP) is 2.54. The van der Waals surface area contributed by atoms with E-state index in [0.717, 1.165) is 16.5 Å². The molecule has 0 bridgehead atoms. The van der Waals surface area contributed by atoms with Gasteiger partial charge in [0.1, 0.15) is 11.5 Å². The van der Waals surface area contributed by atoms with Crippen LogP contribution in [0.5, 0.6) is 0 Å². The first-order valence-corrected chi connectivity index (χ1v) is 4.73. The molecule has 3 aromatic rings. The van der Waals surface area contributed by atoms with Crippen LogP contribution in [-0.4, -0.2) is 10.1 Å². The highest BCUT2D eigenvalue weighted by atomic mass is 19.1. The second-order valence-corrected chi connectivity index (χ2v) is 3.51. The lowest BCUT2D eigenvalue weighted by Crippen LogP contribution is -1.77. The lowest BCUT2D eigenvalue weighted by Gasteiger charge is -1.93. The first-order valence-electron chi connectivity index (χ1n) is 4.73. The fourth-order valence-electron chi connectivity index (χ4n) is 1.72. The van der Waals surface area contributed by atoms with Gasteiger partial charge < -0.3 is 15.2 Å². The maximum Gasteiger partial charge on any atom is 0.222 e. The zero-order valence-corrected chi connectivity index (χ0v) is 8.20. The standard InChI is InChI=1S/C11H8FN3O/c12-6-1-2-9-7(3-6)8(5-14-9)10-4-11(13)16-15-10/h1-5,14H,13H2. The van der Waals surface area contributed by atoms with Crippen molar-refractivity contribution in [2.24, 2.45) is 0 Å². The Bertz CT molecular complexity index is 656. The Morgan fingerprint density at radius 3 is 2.94 bits per heavy atom. The van der Waals surface area contributed by atoms with Gasteiger partial charge in [-0.2, -0.15) is 0 Å². The summed E-state index contributed by atoms with van der Waals surface area (Å²) in [5.74, 6) is -0.0504. The average molecular weight is 217 g/mol. The first kappa shape index (κ1) is 8.96. The number of hydrogen-bond donors (Lipinski definition) is 2. The van der Waals surface area contributed by atoms with Gasteiger partial charge in [0.05, 0.1) is 0 Å². The Balaban J connectivity index is 2.27. The number of H-pyrrole nitrogens is 1. The quantitative estimate of drug-likeness (QED) is 0.658. The van der Waals surface area contributed by atoms with E-state index in [1.807, 2.05) is 0 Å². The summed E-state index contributed by atoms with van der Waals surface area (Å²) in [5.41, 5.74) is 7.66. The number of halogens is 1. The normalized spacial score (nSPS) is 11.1. The molecule has 1 aromatic carbocycles. The summed E-state index contributed by atoms with van der Waals surface area (Å²) >= 11 is 0. The number of benzene rings is 1. The molecule has 0 radical (unpaired) electrons. The van der Waals surface area contributed by atoms with Crippen LogP contribution in [0.4, 0.5) is 10.3 Å². The van der Waals surface area contributed by atoms with Gasteiger partial charge in [0, 0.05) is 28.7 Å². The number of rotatable bonds is 1. The van der Waals surface area contributed by atoms with Crippen LogP contribution in [0, 0.1) is 5.82 Å². The number of hydrogen-bond acceptors (Lipinski definition) is 3. The Morgan fingerprint density at radius 2 is 2.19 bits per heavy atom. The van der Waals surface area contributed by atoms with Crippen molar-refractivity contribution in [3.63, 3.8) is 0 Å². The van der Waals surface area contributed by atoms with Gasteiger partial charge in [-0.1, -0.05) is 5.16 Å². The maximum absolute atomic E-state index is 13.1. The molecule has 0 aliphatic rings. The molecule has 3 N–H and O–H groups in total. The fraction of sp³-hybridized carbons (Fsp3) is 0. The van der Waals surface area contributed by atoms with Crippen molar-refractivity contribution in [2.45, 2.75) is 0 Å². The van der Waals surface area contributed by atoms with E-state index in [0.29, 0.717) is 5.69 Å². The van der Waals surface area contributed by atoms with Crippen molar-refractivity contribution in [3.05, 3.63) is 36.3 Å². The molecule has 16 heavy (non-hydrogen) atoms. The fourth-order valence-corrected chi connectivity index (χ4v) is 1.72. The van der Waals surface area contributed by atoms with E-state index in [9.17, 15) is 4.39 Å². The molecule has 4 nitrogen and oxygen atoms in total. The minimum absolute atomic E-state index is 0.237. The molecule has 0 spiro atoms. The molecule has 0 amide bonds. The van der Waals surface area contributed by atoms with Gasteiger partial charge in [0.15, 0.2) is 0 Å². The Morgan fingerprint density at radius 1 is 1.31 bits per heavy atom. The van der Waals surface area contributed by atoms with Gasteiger partial charge in [0.2, 0.25) is 5.88 Å². The second kappa shape index (κ2) is 3.10. The third-order valence-corrected chi connectivity index (χ3v) is 2.45. The monoisotopic (exact) mass is 217 g/mol. The van der Waals surface area contributed by atoms with Crippen molar-refractivity contribution in [2.75, 3.05) is 5.73 Å². The zero-order chi connectivity index (χ0) is 11.1. The van der Waals surface area contributed by atoms with Gasteiger partial charge in [-0.25, -0.2) is 4.39 Å². The summed E-state index contributed by atoms with van der Waals surface area (Å²) in [6, 6.07) is 6.14. The van der Waals surface area contributed by atoms with Crippen LogP contribution < -0.4 is 5.73 Å². The number of nitrogens with zero attached hydrogens (tertiary/aromatic N) is 1. The minimum atomic E-state index is -0.287. The summed E-state index contributed by atoms with van der Waals surface area (Å²) in [7, 11) is 0. The first-order chi connectivity index (χ1) is 7.74. The van der Waals surface area contributed by atoms with Crippen LogP contribution in [0.25, 0.3) is 22.2 Å². The van der Waals surface area contributed by atoms with Gasteiger partial charge in [-0.05, 0) is 18.2 Å². The topological polar surface area (TPSA) is 67.8 Å². The third kappa shape index (κ3) is 1.25. The number of aromatic amines is 1. The molecular weight excluding hydrogens is 209 g/mol. The van der Waals surface area contributed by atoms with E-state index in [2.05, 4.69) is 10.1 Å². The lowest BCUT2D eigenvalue weighted by molar-refractivity contribution is 0.439. The highest BCUT2D eigenvalue weighted by Gasteiger charge is 2.10. The van der Waals surface area contributed by atoms with Crippen LogP contribution in [0.15, 0.2) is 35.0 Å². The Kier molecular flexibility index (Phi) is 1.73. The van der Waals surface area contributed by atoms with Crippen LogP contribution in [0.3, 0.4) is 0 Å². The lowest BCUT2D eigenvalue weighted by atomic mass is 10.1. The molecule has 0 fully saturated rings. The molecule has 2 heterocycles. The van der Waals surface area contributed by atoms with Crippen LogP contribution in [0.1, 0.15) is 0 Å². The van der Waals surface area contributed by atoms with E-state index >= 15 is 0 Å². The summed E-state index contributed by atoms with van der Waals surface area (Å²) < 4.78 is 17.9. The van der Waals surface area contributed by atoms with Crippen molar-refractivity contribution in [1.29, 1.82) is 0 Å². The molecule has 0 aliphatic heterocycles. The van der Waals surface area contributed by atoms with Gasteiger partial charge in [0.25, 0.3) is 0 Å². The summed E-state index contributed by atoms with van der Waals surface area (Å²) in [5, 5.41) is 4.55. The number of aromatic nitrogens is 2. The van der Waals surface area contributed by atoms with E-state index in [4.69, 9.17) is 10.3 Å². The second-order valence-electron chi connectivity index (χ2n) is 3.51. The molecule has 80 valence electrons. The number of nitrogen functional groups attached to an aromatic ring is 1. The van der Waals surface area contributed by atoms with Crippen molar-refractivity contribution in [1.82, 2.24) is 10.1 Å². The zero-order valence-electron chi connectivity index (χ0n) is 8.20. The maximum atomic E-state index is 13.1. The van der Waals surface area contributed by atoms with Crippen LogP contribution in [-0.2, 0) is 0 Å². The third-order valence-electron chi connectivity index (χ3n) is 2.45. The van der Waals surface area contributed by atoms with Gasteiger partial charge in [-0.3, -0.25) is 0 Å². The molecule has 0 unspecified atom stereocenters. The van der Waals surface area contributed by atoms with Crippen molar-refractivity contribution >= 4 is 16.8 Å². The van der Waals surface area contributed by atoms with Crippen LogP contribution in [0.2, 0.25) is 0 Å². The molecule has 5 heteroatoms. The van der Waals surface area contributed by atoms with Gasteiger partial charge in [-0.15, -0.1) is 0 Å². The molecular formula is C11H8FN3O. The molecule has 0 atom stereocenters. The molecule has 0 aliphatic carbocycles. The SMILES string of the molecule is Nc1cc(-c2c[nH]c3ccc(F)cc23)no1. The van der Waals surface area contributed by atoms with E-state index in [1.165, 1.54) is 12.1 Å². The molecule has 2 aromatic heterocycles. The van der Waals surface area contributed by atoms with Crippen molar-refractivity contribution in [3.8, 4) is 11.3 Å². The van der Waals surface area contributed by atoms with Crippen molar-refractivity contribution < 1.29 is 8.91 Å². The van der Waals surface area contributed by atoms with Gasteiger partial charge >= 0.3 is 0 Å². The summed E-state index contributed by atoms with van der Waals surface area (Å²) in [6.07, 6.45) is 1.75. The minimum Gasteiger partial charge on any atom is -0.368 e. The highest BCUT2D eigenvalue weighted by molar-refractivity contribution is 5.94. The Labute approximate surface area is 89.9 Å². The Hall–Kier alpha value is -2.30. The molecule has 3 rings (SSSR count). The van der Waals surface area contributed by atoms with E-state index < -0.39 is 0 Å². The largest absolute Gasteiger partial charge is 0.368 e. The number of nitrogens with two attached hydrogens (primary N) is 1. The molecule has 0 saturated carbocycles. The molecule has 0 saturated heterocycles. The van der Waals surface area contributed by atoms with E-state index in [1.54, 1.807) is 18.3 Å². The van der Waals surface area contributed by atoms with Crippen LogP contribution >= 0.6 is 0 Å². The number of fused-ring (bicyclic) bond motifs is 1. The highest BCUT2D eigenvalue weighted by Crippen LogP contribution is 2.29. The van der Waals surface area contributed by atoms with E-state index in [-0.39, 0.29) is 11.7 Å². The average Bonchev–Trinajstić information content (AvgIpc) is 2.83.